The quantitative estimate of drug-likeness (QED) is 0.806. The molecular formula is C13H17BrN4OS. The molecule has 1 aromatic rings. The molecule has 3 rings (SSSR count). The van der Waals surface area contributed by atoms with Gasteiger partial charge in [0.25, 0.3) is 0 Å². The monoisotopic (exact) mass is 356 g/mol. The minimum Gasteiger partial charge on any atom is -0.341 e. The molecule has 5 nitrogen and oxygen atoms in total. The van der Waals surface area contributed by atoms with Gasteiger partial charge in [-0.05, 0) is 22.4 Å². The Bertz CT molecular complexity index is 478. The molecule has 0 N–H and O–H groups in total. The summed E-state index contributed by atoms with van der Waals surface area (Å²) in [5, 5.41) is 0. The molecule has 1 unspecified atom stereocenters. The van der Waals surface area contributed by atoms with Gasteiger partial charge in [0.15, 0.2) is 0 Å². The lowest BCUT2D eigenvalue weighted by molar-refractivity contribution is -0.134. The summed E-state index contributed by atoms with van der Waals surface area (Å²) in [4.78, 5) is 25.2. The van der Waals surface area contributed by atoms with Crippen molar-refractivity contribution in [1.82, 2.24) is 14.9 Å². The van der Waals surface area contributed by atoms with Crippen molar-refractivity contribution >= 4 is 39.5 Å². The van der Waals surface area contributed by atoms with Gasteiger partial charge in [0, 0.05) is 50.1 Å². The summed E-state index contributed by atoms with van der Waals surface area (Å²) in [5.74, 6) is 3.27. The van der Waals surface area contributed by atoms with Gasteiger partial charge in [-0.1, -0.05) is 0 Å². The summed E-state index contributed by atoms with van der Waals surface area (Å²) in [6.45, 7) is 3.40. The number of nitrogens with zero attached hydrogens (tertiary/aromatic N) is 4. The van der Waals surface area contributed by atoms with Crippen LogP contribution in [-0.4, -0.2) is 58.5 Å². The van der Waals surface area contributed by atoms with Gasteiger partial charge in [0.1, 0.15) is 0 Å². The summed E-state index contributed by atoms with van der Waals surface area (Å²) in [5.41, 5.74) is 0. The number of halogens is 1. The minimum absolute atomic E-state index is 0.102. The van der Waals surface area contributed by atoms with E-state index in [0.29, 0.717) is 5.91 Å². The summed E-state index contributed by atoms with van der Waals surface area (Å²) < 4.78 is 0.874. The molecule has 20 heavy (non-hydrogen) atoms. The van der Waals surface area contributed by atoms with Gasteiger partial charge in [-0.15, -0.1) is 0 Å². The van der Waals surface area contributed by atoms with Crippen molar-refractivity contribution in [2.24, 2.45) is 5.92 Å². The van der Waals surface area contributed by atoms with Crippen LogP contribution in [0.4, 0.5) is 5.95 Å². The van der Waals surface area contributed by atoms with Crippen LogP contribution in [0.3, 0.4) is 0 Å². The lowest BCUT2D eigenvalue weighted by Gasteiger charge is -2.28. The van der Waals surface area contributed by atoms with Crippen LogP contribution in [0.2, 0.25) is 0 Å². The first-order valence-corrected chi connectivity index (χ1v) is 8.78. The zero-order chi connectivity index (χ0) is 13.9. The standard InChI is InChI=1S/C13H17BrN4OS/c14-11-7-15-13(16-8-11)18-2-1-10(9-18)12(19)17-3-5-20-6-4-17/h7-8,10H,1-6,9H2. The van der Waals surface area contributed by atoms with E-state index >= 15 is 0 Å². The zero-order valence-corrected chi connectivity index (χ0v) is 13.6. The fraction of sp³-hybridized carbons (Fsp3) is 0.615. The molecule has 0 aromatic carbocycles. The van der Waals surface area contributed by atoms with E-state index in [1.807, 2.05) is 16.7 Å². The molecule has 7 heteroatoms. The van der Waals surface area contributed by atoms with Crippen molar-refractivity contribution in [1.29, 1.82) is 0 Å². The Morgan fingerprint density at radius 3 is 2.65 bits per heavy atom. The van der Waals surface area contributed by atoms with Crippen molar-refractivity contribution < 1.29 is 4.79 Å². The van der Waals surface area contributed by atoms with E-state index in [2.05, 4.69) is 30.8 Å². The van der Waals surface area contributed by atoms with E-state index in [1.165, 1.54) is 0 Å². The van der Waals surface area contributed by atoms with Crippen LogP contribution >= 0.6 is 27.7 Å². The van der Waals surface area contributed by atoms with Crippen LogP contribution in [0.25, 0.3) is 0 Å². The highest BCUT2D eigenvalue weighted by Crippen LogP contribution is 2.24. The van der Waals surface area contributed by atoms with Crippen molar-refractivity contribution in [3.8, 4) is 0 Å². The first-order valence-electron chi connectivity index (χ1n) is 6.83. The summed E-state index contributed by atoms with van der Waals surface area (Å²) >= 11 is 5.26. The maximum atomic E-state index is 12.5. The molecule has 0 radical (unpaired) electrons. The van der Waals surface area contributed by atoms with Crippen LogP contribution in [0.1, 0.15) is 6.42 Å². The second-order valence-corrected chi connectivity index (χ2v) is 7.21. The topological polar surface area (TPSA) is 49.3 Å². The van der Waals surface area contributed by atoms with Crippen LogP contribution in [0.5, 0.6) is 0 Å². The zero-order valence-electron chi connectivity index (χ0n) is 11.2. The van der Waals surface area contributed by atoms with Crippen molar-refractivity contribution in [3.05, 3.63) is 16.9 Å². The third-order valence-electron chi connectivity index (χ3n) is 3.75. The molecule has 2 aliphatic rings. The normalized spacial score (nSPS) is 23.1. The highest BCUT2D eigenvalue weighted by atomic mass is 79.9. The molecular weight excluding hydrogens is 340 g/mol. The molecule has 2 aliphatic heterocycles. The second kappa shape index (κ2) is 6.30. The summed E-state index contributed by atoms with van der Waals surface area (Å²) in [6.07, 6.45) is 4.40. The molecule has 2 saturated heterocycles. The molecule has 0 aliphatic carbocycles. The third kappa shape index (κ3) is 3.09. The van der Waals surface area contributed by atoms with Gasteiger partial charge in [-0.3, -0.25) is 4.79 Å². The van der Waals surface area contributed by atoms with E-state index in [9.17, 15) is 4.79 Å². The number of anilines is 1. The Labute approximate surface area is 131 Å². The maximum absolute atomic E-state index is 12.5. The molecule has 0 saturated carbocycles. The number of hydrogen-bond donors (Lipinski definition) is 0. The van der Waals surface area contributed by atoms with Gasteiger partial charge in [0.2, 0.25) is 11.9 Å². The molecule has 0 spiro atoms. The molecule has 108 valence electrons. The van der Waals surface area contributed by atoms with E-state index in [0.717, 1.165) is 54.5 Å². The van der Waals surface area contributed by atoms with Gasteiger partial charge in [-0.25, -0.2) is 9.97 Å². The molecule has 3 heterocycles. The van der Waals surface area contributed by atoms with Crippen molar-refractivity contribution in [3.63, 3.8) is 0 Å². The predicted octanol–water partition coefficient (Wildman–Crippen LogP) is 1.64. The van der Waals surface area contributed by atoms with Crippen LogP contribution in [-0.2, 0) is 4.79 Å². The molecule has 2 fully saturated rings. The highest BCUT2D eigenvalue weighted by molar-refractivity contribution is 9.10. The number of thioether (sulfide) groups is 1. The summed E-state index contributed by atoms with van der Waals surface area (Å²) in [6, 6.07) is 0. The van der Waals surface area contributed by atoms with Gasteiger partial charge >= 0.3 is 0 Å². The van der Waals surface area contributed by atoms with Crippen LogP contribution in [0, 0.1) is 5.92 Å². The smallest absolute Gasteiger partial charge is 0.227 e. The Morgan fingerprint density at radius 2 is 1.95 bits per heavy atom. The Morgan fingerprint density at radius 1 is 1.25 bits per heavy atom. The number of carbonyl (C=O) groups excluding carboxylic acids is 1. The Balaban J connectivity index is 1.61. The molecule has 1 amide bonds. The van der Waals surface area contributed by atoms with Crippen molar-refractivity contribution in [2.45, 2.75) is 6.42 Å². The fourth-order valence-electron chi connectivity index (χ4n) is 2.65. The van der Waals surface area contributed by atoms with Crippen molar-refractivity contribution in [2.75, 3.05) is 42.6 Å². The Hall–Kier alpha value is -0.820. The second-order valence-electron chi connectivity index (χ2n) is 5.07. The van der Waals surface area contributed by atoms with E-state index in [1.54, 1.807) is 12.4 Å². The lowest BCUT2D eigenvalue weighted by Crippen LogP contribution is -2.42. The molecule has 1 atom stereocenters. The number of aromatic nitrogens is 2. The van der Waals surface area contributed by atoms with Crippen LogP contribution in [0.15, 0.2) is 16.9 Å². The third-order valence-corrected chi connectivity index (χ3v) is 5.10. The maximum Gasteiger partial charge on any atom is 0.227 e. The van der Waals surface area contributed by atoms with E-state index in [-0.39, 0.29) is 5.92 Å². The van der Waals surface area contributed by atoms with Gasteiger partial charge < -0.3 is 9.80 Å². The lowest BCUT2D eigenvalue weighted by atomic mass is 10.1. The average Bonchev–Trinajstić information content (AvgIpc) is 2.98. The predicted molar refractivity (Wildman–Crippen MR) is 84.0 cm³/mol. The number of amides is 1. The van der Waals surface area contributed by atoms with Crippen LogP contribution < -0.4 is 4.90 Å². The Kier molecular flexibility index (Phi) is 4.45. The van der Waals surface area contributed by atoms with E-state index < -0.39 is 0 Å². The van der Waals surface area contributed by atoms with Gasteiger partial charge in [-0.2, -0.15) is 11.8 Å². The number of carbonyl (C=O) groups is 1. The average molecular weight is 357 g/mol. The highest BCUT2D eigenvalue weighted by Gasteiger charge is 2.32. The van der Waals surface area contributed by atoms with E-state index in [4.69, 9.17) is 0 Å². The minimum atomic E-state index is 0.102. The number of hydrogen-bond acceptors (Lipinski definition) is 5. The SMILES string of the molecule is O=C(C1CCN(c2ncc(Br)cn2)C1)N1CCSCC1. The molecule has 0 bridgehead atoms. The molecule has 1 aromatic heterocycles. The van der Waals surface area contributed by atoms with Gasteiger partial charge in [0.05, 0.1) is 10.4 Å². The fourth-order valence-corrected chi connectivity index (χ4v) is 3.76. The first-order chi connectivity index (χ1) is 9.74. The first kappa shape index (κ1) is 14.1. The number of rotatable bonds is 2. The summed E-state index contributed by atoms with van der Waals surface area (Å²) in [7, 11) is 0. The largest absolute Gasteiger partial charge is 0.341 e.